The van der Waals surface area contributed by atoms with Crippen molar-refractivity contribution in [2.24, 2.45) is 5.92 Å². The van der Waals surface area contributed by atoms with Crippen molar-refractivity contribution in [1.29, 1.82) is 0 Å². The van der Waals surface area contributed by atoms with E-state index >= 15 is 0 Å². The van der Waals surface area contributed by atoms with Crippen LogP contribution in [0.1, 0.15) is 18.7 Å². The van der Waals surface area contributed by atoms with E-state index in [-0.39, 0.29) is 11.8 Å². The molecule has 2 N–H and O–H groups in total. The first-order valence-electron chi connectivity index (χ1n) is 9.57. The van der Waals surface area contributed by atoms with E-state index in [0.717, 1.165) is 43.1 Å². The lowest BCUT2D eigenvalue weighted by atomic mass is 9.96. The molecular weight excluding hydrogens is 370 g/mol. The van der Waals surface area contributed by atoms with Gasteiger partial charge in [0.05, 0.1) is 19.9 Å². The van der Waals surface area contributed by atoms with E-state index in [1.54, 1.807) is 25.7 Å². The van der Waals surface area contributed by atoms with Crippen molar-refractivity contribution >= 4 is 11.7 Å². The van der Waals surface area contributed by atoms with Gasteiger partial charge in [0.25, 0.3) is 0 Å². The molecule has 0 aliphatic carbocycles. The molecule has 0 spiro atoms. The number of amides is 1. The van der Waals surface area contributed by atoms with Crippen molar-refractivity contribution in [3.63, 3.8) is 0 Å². The molecule has 29 heavy (non-hydrogen) atoms. The van der Waals surface area contributed by atoms with Gasteiger partial charge in [-0.05, 0) is 37.1 Å². The Balaban J connectivity index is 1.27. The lowest BCUT2D eigenvalue weighted by molar-refractivity contribution is -0.125. The van der Waals surface area contributed by atoms with Crippen LogP contribution >= 0.6 is 0 Å². The fourth-order valence-corrected chi connectivity index (χ4v) is 3.38. The number of nitrogens with one attached hydrogen (secondary N) is 2. The molecule has 150 valence electrons. The Bertz CT molecular complexity index is 935. The minimum Gasteiger partial charge on any atom is -0.497 e. The maximum atomic E-state index is 12.5. The minimum absolute atomic E-state index is 0.00750. The van der Waals surface area contributed by atoms with Crippen LogP contribution in [0.25, 0.3) is 11.4 Å². The Hall–Kier alpha value is -3.49. The fourth-order valence-electron chi connectivity index (χ4n) is 3.38. The summed E-state index contributed by atoms with van der Waals surface area (Å²) in [6.07, 6.45) is 6.68. The van der Waals surface area contributed by atoms with Gasteiger partial charge in [0.2, 0.25) is 5.91 Å². The second-order valence-electron chi connectivity index (χ2n) is 6.88. The number of ether oxygens (including phenoxy) is 1. The number of piperidine rings is 1. The van der Waals surface area contributed by atoms with Gasteiger partial charge in [-0.1, -0.05) is 0 Å². The SMILES string of the molecule is COc1ccc(-c2n[nH]c(CNC(=O)C3CCN(c4cnccn4)CC3)n2)cc1. The topological polar surface area (TPSA) is 109 Å². The van der Waals surface area contributed by atoms with Gasteiger partial charge in [0.1, 0.15) is 17.4 Å². The molecule has 0 radical (unpaired) electrons. The second-order valence-corrected chi connectivity index (χ2v) is 6.88. The number of anilines is 1. The first-order chi connectivity index (χ1) is 14.2. The predicted molar refractivity (Wildman–Crippen MR) is 107 cm³/mol. The number of rotatable bonds is 6. The summed E-state index contributed by atoms with van der Waals surface area (Å²) in [5.41, 5.74) is 0.885. The molecule has 0 unspecified atom stereocenters. The van der Waals surface area contributed by atoms with Crippen LogP contribution in [0.2, 0.25) is 0 Å². The number of carbonyl (C=O) groups is 1. The van der Waals surface area contributed by atoms with Crippen LogP contribution in [-0.2, 0) is 11.3 Å². The molecule has 3 heterocycles. The van der Waals surface area contributed by atoms with Crippen LogP contribution in [0, 0.1) is 5.92 Å². The van der Waals surface area contributed by atoms with Gasteiger partial charge in [-0.15, -0.1) is 0 Å². The van der Waals surface area contributed by atoms with Crippen molar-refractivity contribution in [3.05, 3.63) is 48.7 Å². The molecule has 0 atom stereocenters. The molecule has 0 saturated carbocycles. The van der Waals surface area contributed by atoms with Gasteiger partial charge in [0, 0.05) is 37.0 Å². The zero-order valence-electron chi connectivity index (χ0n) is 16.2. The van der Waals surface area contributed by atoms with E-state index in [2.05, 4.69) is 35.4 Å². The highest BCUT2D eigenvalue weighted by molar-refractivity contribution is 5.78. The van der Waals surface area contributed by atoms with E-state index in [1.165, 1.54) is 0 Å². The molecule has 1 fully saturated rings. The Labute approximate surface area is 168 Å². The molecule has 1 aliphatic rings. The second kappa shape index (κ2) is 8.68. The van der Waals surface area contributed by atoms with Crippen molar-refractivity contribution < 1.29 is 9.53 Å². The largest absolute Gasteiger partial charge is 0.497 e. The molecule has 0 bridgehead atoms. The molecule has 1 aromatic carbocycles. The number of benzene rings is 1. The molecule has 1 saturated heterocycles. The van der Waals surface area contributed by atoms with Crippen LogP contribution in [0.15, 0.2) is 42.9 Å². The van der Waals surface area contributed by atoms with Crippen LogP contribution in [0.3, 0.4) is 0 Å². The van der Waals surface area contributed by atoms with E-state index < -0.39 is 0 Å². The molecule has 9 nitrogen and oxygen atoms in total. The summed E-state index contributed by atoms with van der Waals surface area (Å²) in [7, 11) is 1.63. The standard InChI is InChI=1S/C20H23N7O2/c1-29-16-4-2-14(3-5-16)19-24-17(25-26-19)12-23-20(28)15-6-10-27(11-7-15)18-13-21-8-9-22-18/h2-5,8-9,13,15H,6-7,10-12H2,1H3,(H,23,28)(H,24,25,26). The highest BCUT2D eigenvalue weighted by atomic mass is 16.5. The molecule has 2 aromatic heterocycles. The van der Waals surface area contributed by atoms with Gasteiger partial charge in [0.15, 0.2) is 5.82 Å². The van der Waals surface area contributed by atoms with E-state index in [4.69, 9.17) is 4.74 Å². The number of hydrogen-bond acceptors (Lipinski definition) is 7. The average molecular weight is 393 g/mol. The third-order valence-corrected chi connectivity index (χ3v) is 5.05. The summed E-state index contributed by atoms with van der Waals surface area (Å²) in [4.78, 5) is 27.6. The van der Waals surface area contributed by atoms with E-state index in [1.807, 2.05) is 24.3 Å². The maximum Gasteiger partial charge on any atom is 0.223 e. The third kappa shape index (κ3) is 4.50. The monoisotopic (exact) mass is 393 g/mol. The summed E-state index contributed by atoms with van der Waals surface area (Å²) in [5.74, 6) is 2.90. The number of H-pyrrole nitrogens is 1. The van der Waals surface area contributed by atoms with Gasteiger partial charge in [-0.3, -0.25) is 14.9 Å². The number of hydrogen-bond donors (Lipinski definition) is 2. The summed E-state index contributed by atoms with van der Waals surface area (Å²) in [6.45, 7) is 1.91. The molecule has 3 aromatic rings. The quantitative estimate of drug-likeness (QED) is 0.657. The number of carbonyl (C=O) groups excluding carboxylic acids is 1. The number of nitrogens with zero attached hydrogens (tertiary/aromatic N) is 5. The lowest BCUT2D eigenvalue weighted by Gasteiger charge is -2.31. The Morgan fingerprint density at radius 2 is 2.03 bits per heavy atom. The van der Waals surface area contributed by atoms with Crippen LogP contribution in [0.4, 0.5) is 5.82 Å². The molecule has 1 amide bonds. The summed E-state index contributed by atoms with van der Waals surface area (Å²) in [6, 6.07) is 7.52. The first-order valence-corrected chi connectivity index (χ1v) is 9.57. The van der Waals surface area contributed by atoms with Crippen molar-refractivity contribution in [3.8, 4) is 17.1 Å². The van der Waals surface area contributed by atoms with Crippen LogP contribution < -0.4 is 15.0 Å². The highest BCUT2D eigenvalue weighted by Crippen LogP contribution is 2.22. The smallest absolute Gasteiger partial charge is 0.223 e. The van der Waals surface area contributed by atoms with Crippen LogP contribution in [-0.4, -0.2) is 51.3 Å². The molecular formula is C20H23N7O2. The molecule has 4 rings (SSSR count). The Morgan fingerprint density at radius 3 is 2.72 bits per heavy atom. The number of aromatic nitrogens is 5. The minimum atomic E-state index is -0.00750. The molecule has 9 heteroatoms. The summed E-state index contributed by atoms with van der Waals surface area (Å²) in [5, 5.41) is 10.1. The Kier molecular flexibility index (Phi) is 5.64. The summed E-state index contributed by atoms with van der Waals surface area (Å²) < 4.78 is 5.16. The van der Waals surface area contributed by atoms with Gasteiger partial charge in [-0.25, -0.2) is 9.97 Å². The van der Waals surface area contributed by atoms with E-state index in [0.29, 0.717) is 18.2 Å². The zero-order chi connectivity index (χ0) is 20.1. The maximum absolute atomic E-state index is 12.5. The first kappa shape index (κ1) is 18.9. The highest BCUT2D eigenvalue weighted by Gasteiger charge is 2.25. The number of methoxy groups -OCH3 is 1. The zero-order valence-corrected chi connectivity index (χ0v) is 16.2. The van der Waals surface area contributed by atoms with Crippen molar-refractivity contribution in [2.75, 3.05) is 25.1 Å². The van der Waals surface area contributed by atoms with Gasteiger partial charge >= 0.3 is 0 Å². The van der Waals surface area contributed by atoms with Crippen LogP contribution in [0.5, 0.6) is 5.75 Å². The molecule has 1 aliphatic heterocycles. The number of aromatic amines is 1. The van der Waals surface area contributed by atoms with Crippen molar-refractivity contribution in [1.82, 2.24) is 30.5 Å². The summed E-state index contributed by atoms with van der Waals surface area (Å²) >= 11 is 0. The van der Waals surface area contributed by atoms with E-state index in [9.17, 15) is 4.79 Å². The van der Waals surface area contributed by atoms with Crippen molar-refractivity contribution in [2.45, 2.75) is 19.4 Å². The third-order valence-electron chi connectivity index (χ3n) is 5.05. The normalized spacial score (nSPS) is 14.6. The van der Waals surface area contributed by atoms with Gasteiger partial charge in [-0.2, -0.15) is 5.10 Å². The predicted octanol–water partition coefficient (Wildman–Crippen LogP) is 1.80. The average Bonchev–Trinajstić information content (AvgIpc) is 3.27. The van der Waals surface area contributed by atoms with Gasteiger partial charge < -0.3 is 15.0 Å². The fraction of sp³-hybridized carbons (Fsp3) is 0.350. The Morgan fingerprint density at radius 1 is 1.24 bits per heavy atom. The lowest BCUT2D eigenvalue weighted by Crippen LogP contribution is -2.40.